The Hall–Kier alpha value is -3.70. The van der Waals surface area contributed by atoms with E-state index in [1.54, 1.807) is 24.3 Å². The van der Waals surface area contributed by atoms with Crippen LogP contribution in [0.2, 0.25) is 0 Å². The number of fused-ring (bicyclic) bond motifs is 1. The van der Waals surface area contributed by atoms with Crippen LogP contribution in [0.4, 0.5) is 0 Å². The summed E-state index contributed by atoms with van der Waals surface area (Å²) in [4.78, 5) is 45.6. The predicted molar refractivity (Wildman–Crippen MR) is 117 cm³/mol. The lowest BCUT2D eigenvalue weighted by molar-refractivity contribution is 0.0655. The third-order valence-corrected chi connectivity index (χ3v) is 5.94. The molecule has 1 aliphatic rings. The van der Waals surface area contributed by atoms with E-state index in [2.05, 4.69) is 9.97 Å². The van der Waals surface area contributed by atoms with Crippen LogP contribution in [0.5, 0.6) is 0 Å². The van der Waals surface area contributed by atoms with Gasteiger partial charge in [0.1, 0.15) is 11.6 Å². The number of nitrogens with one attached hydrogen (secondary N) is 1. The minimum Gasteiger partial charge on any atom is -0.300 e. The Morgan fingerprint density at radius 1 is 1.03 bits per heavy atom. The molecule has 2 aromatic carbocycles. The van der Waals surface area contributed by atoms with Gasteiger partial charge in [-0.3, -0.25) is 19.3 Å². The van der Waals surface area contributed by atoms with Gasteiger partial charge in [0.2, 0.25) is 0 Å². The van der Waals surface area contributed by atoms with Crippen molar-refractivity contribution in [2.45, 2.75) is 18.5 Å². The molecule has 0 saturated carbocycles. The Labute approximate surface area is 182 Å². The molecule has 0 spiro atoms. The van der Waals surface area contributed by atoms with Gasteiger partial charge in [0.05, 0.1) is 16.8 Å². The molecule has 0 radical (unpaired) electrons. The van der Waals surface area contributed by atoms with E-state index in [0.717, 1.165) is 5.56 Å². The van der Waals surface area contributed by atoms with Crippen LogP contribution in [0.3, 0.4) is 0 Å². The number of amides is 2. The summed E-state index contributed by atoms with van der Waals surface area (Å²) in [5.41, 5.74) is 2.45. The molecule has 7 nitrogen and oxygen atoms in total. The first kappa shape index (κ1) is 20.6. The zero-order valence-corrected chi connectivity index (χ0v) is 17.5. The fourth-order valence-electron chi connectivity index (χ4n) is 3.38. The lowest BCUT2D eigenvalue weighted by atomic mass is 10.1. The third-order valence-electron chi connectivity index (χ3n) is 4.98. The molecule has 3 aromatic rings. The average molecular weight is 430 g/mol. The second-order valence-electron chi connectivity index (χ2n) is 7.08. The zero-order valence-electron chi connectivity index (χ0n) is 16.7. The van der Waals surface area contributed by atoms with Gasteiger partial charge in [-0.1, -0.05) is 53.7 Å². The number of aryl methyl sites for hydroxylation is 1. The van der Waals surface area contributed by atoms with Gasteiger partial charge in [0, 0.05) is 17.9 Å². The SMILES string of the molecule is Cc1ccc(-c2nc(SCCCN3C(=O)c4ccccc4C3=O)[nH]c(=O)c2C#N)cc1. The van der Waals surface area contributed by atoms with Crippen molar-refractivity contribution in [2.24, 2.45) is 0 Å². The normalized spacial score (nSPS) is 12.7. The number of hydrogen-bond donors (Lipinski definition) is 1. The summed E-state index contributed by atoms with van der Waals surface area (Å²) < 4.78 is 0. The standard InChI is InChI=1S/C23H18N4O3S/c1-14-7-9-15(10-8-14)19-18(13-24)20(28)26-23(25-19)31-12-4-11-27-21(29)16-5-2-3-6-17(16)22(27)30/h2-3,5-10H,4,11-12H2,1H3,(H,25,26,28). The summed E-state index contributed by atoms with van der Waals surface area (Å²) in [6, 6.07) is 16.2. The highest BCUT2D eigenvalue weighted by Gasteiger charge is 2.34. The summed E-state index contributed by atoms with van der Waals surface area (Å²) in [7, 11) is 0. The number of rotatable bonds is 6. The van der Waals surface area contributed by atoms with E-state index in [0.29, 0.717) is 39.7 Å². The molecule has 154 valence electrons. The zero-order chi connectivity index (χ0) is 22.0. The smallest absolute Gasteiger partial charge is 0.270 e. The van der Waals surface area contributed by atoms with Gasteiger partial charge in [-0.25, -0.2) is 4.98 Å². The first-order valence-corrected chi connectivity index (χ1v) is 10.7. The number of nitriles is 1. The second kappa shape index (κ2) is 8.58. The maximum atomic E-state index is 12.4. The molecule has 0 unspecified atom stereocenters. The molecule has 1 N–H and O–H groups in total. The van der Waals surface area contributed by atoms with Crippen LogP contribution in [0.1, 0.15) is 38.3 Å². The monoisotopic (exact) mass is 430 g/mol. The van der Waals surface area contributed by atoms with Crippen molar-refractivity contribution in [2.75, 3.05) is 12.3 Å². The molecule has 2 amide bonds. The first-order chi connectivity index (χ1) is 15.0. The van der Waals surface area contributed by atoms with Crippen molar-refractivity contribution < 1.29 is 9.59 Å². The maximum absolute atomic E-state index is 12.4. The fourth-order valence-corrected chi connectivity index (χ4v) is 4.17. The molecule has 0 aliphatic carbocycles. The Kier molecular flexibility index (Phi) is 5.69. The van der Waals surface area contributed by atoms with E-state index in [1.165, 1.54) is 16.7 Å². The van der Waals surface area contributed by atoms with Crippen LogP contribution >= 0.6 is 11.8 Å². The van der Waals surface area contributed by atoms with E-state index in [9.17, 15) is 19.6 Å². The van der Waals surface area contributed by atoms with Gasteiger partial charge in [-0.05, 0) is 25.5 Å². The van der Waals surface area contributed by atoms with Gasteiger partial charge < -0.3 is 4.98 Å². The number of nitrogens with zero attached hydrogens (tertiary/aromatic N) is 3. The van der Waals surface area contributed by atoms with E-state index >= 15 is 0 Å². The maximum Gasteiger partial charge on any atom is 0.270 e. The van der Waals surface area contributed by atoms with Gasteiger partial charge in [0.25, 0.3) is 17.4 Å². The van der Waals surface area contributed by atoms with Crippen molar-refractivity contribution >= 4 is 23.6 Å². The van der Waals surface area contributed by atoms with E-state index in [4.69, 9.17) is 0 Å². The van der Waals surface area contributed by atoms with Crippen LogP contribution in [-0.2, 0) is 0 Å². The number of hydrogen-bond acceptors (Lipinski definition) is 6. The number of aromatic amines is 1. The van der Waals surface area contributed by atoms with E-state index < -0.39 is 5.56 Å². The number of carbonyl (C=O) groups excluding carboxylic acids is 2. The van der Waals surface area contributed by atoms with Crippen LogP contribution in [0.25, 0.3) is 11.3 Å². The van der Waals surface area contributed by atoms with Gasteiger partial charge in [-0.15, -0.1) is 0 Å². The Morgan fingerprint density at radius 2 is 1.68 bits per heavy atom. The predicted octanol–water partition coefficient (Wildman–Crippen LogP) is 3.40. The molecule has 0 atom stereocenters. The summed E-state index contributed by atoms with van der Waals surface area (Å²) in [5, 5.41) is 9.77. The van der Waals surface area contributed by atoms with Crippen molar-refractivity contribution in [1.29, 1.82) is 5.26 Å². The van der Waals surface area contributed by atoms with Crippen LogP contribution < -0.4 is 5.56 Å². The Morgan fingerprint density at radius 3 is 2.29 bits per heavy atom. The molecule has 31 heavy (non-hydrogen) atoms. The highest BCUT2D eigenvalue weighted by Crippen LogP contribution is 2.25. The van der Waals surface area contributed by atoms with E-state index in [1.807, 2.05) is 37.3 Å². The number of benzene rings is 2. The van der Waals surface area contributed by atoms with Crippen molar-refractivity contribution in [3.63, 3.8) is 0 Å². The highest BCUT2D eigenvalue weighted by molar-refractivity contribution is 7.99. The molecule has 8 heteroatoms. The topological polar surface area (TPSA) is 107 Å². The number of thioether (sulfide) groups is 1. The number of aromatic nitrogens is 2. The Balaban J connectivity index is 1.44. The quantitative estimate of drug-likeness (QED) is 0.278. The fraction of sp³-hybridized carbons (Fsp3) is 0.174. The van der Waals surface area contributed by atoms with E-state index in [-0.39, 0.29) is 23.9 Å². The van der Waals surface area contributed by atoms with Crippen LogP contribution in [0, 0.1) is 18.3 Å². The van der Waals surface area contributed by atoms with Gasteiger partial charge >= 0.3 is 0 Å². The largest absolute Gasteiger partial charge is 0.300 e. The first-order valence-electron chi connectivity index (χ1n) is 9.69. The van der Waals surface area contributed by atoms with Gasteiger partial charge in [0.15, 0.2) is 5.16 Å². The van der Waals surface area contributed by atoms with Crippen molar-refractivity contribution in [3.05, 3.63) is 81.1 Å². The average Bonchev–Trinajstić information content (AvgIpc) is 3.02. The van der Waals surface area contributed by atoms with Crippen LogP contribution in [0.15, 0.2) is 58.5 Å². The molecule has 1 aliphatic heterocycles. The lowest BCUT2D eigenvalue weighted by Crippen LogP contribution is -2.31. The molecule has 0 saturated heterocycles. The van der Waals surface area contributed by atoms with Crippen molar-refractivity contribution in [1.82, 2.24) is 14.9 Å². The number of carbonyl (C=O) groups is 2. The summed E-state index contributed by atoms with van der Waals surface area (Å²) in [6.07, 6.45) is 0.541. The molecule has 2 heterocycles. The molecule has 4 rings (SSSR count). The molecule has 0 bridgehead atoms. The second-order valence-corrected chi connectivity index (χ2v) is 8.17. The molecule has 1 aromatic heterocycles. The number of imide groups is 1. The minimum absolute atomic E-state index is 0.0285. The third kappa shape index (κ3) is 4.00. The van der Waals surface area contributed by atoms with Gasteiger partial charge in [-0.2, -0.15) is 5.26 Å². The lowest BCUT2D eigenvalue weighted by Gasteiger charge is -2.13. The molecular formula is C23H18N4O3S. The van der Waals surface area contributed by atoms with Crippen LogP contribution in [-0.4, -0.2) is 39.0 Å². The molecular weight excluding hydrogens is 412 g/mol. The minimum atomic E-state index is -0.490. The van der Waals surface area contributed by atoms with Crippen molar-refractivity contribution in [3.8, 4) is 17.3 Å². The molecule has 0 fully saturated rings. The highest BCUT2D eigenvalue weighted by atomic mass is 32.2. The summed E-state index contributed by atoms with van der Waals surface area (Å²) in [6.45, 7) is 2.24. The summed E-state index contributed by atoms with van der Waals surface area (Å²) in [5.74, 6) is -0.0235. The summed E-state index contributed by atoms with van der Waals surface area (Å²) >= 11 is 1.31. The Bertz CT molecular complexity index is 1240. The number of H-pyrrole nitrogens is 1.